The summed E-state index contributed by atoms with van der Waals surface area (Å²) in [6.45, 7) is 3.60. The van der Waals surface area contributed by atoms with E-state index in [9.17, 15) is 0 Å². The highest BCUT2D eigenvalue weighted by atomic mass is 16.6. The van der Waals surface area contributed by atoms with Crippen LogP contribution in [0.3, 0.4) is 0 Å². The molecule has 5 nitrogen and oxygen atoms in total. The Hall–Kier alpha value is -2.53. The van der Waals surface area contributed by atoms with Crippen LogP contribution in [0.25, 0.3) is 11.1 Å². The molecule has 26 heavy (non-hydrogen) atoms. The molecule has 5 heteroatoms. The van der Waals surface area contributed by atoms with Crippen molar-refractivity contribution < 1.29 is 13.9 Å². The van der Waals surface area contributed by atoms with Crippen LogP contribution in [-0.4, -0.2) is 18.1 Å². The number of rotatable bonds is 10. The Morgan fingerprint density at radius 2 is 1.81 bits per heavy atom. The molecule has 3 rings (SSSR count). The van der Waals surface area contributed by atoms with Gasteiger partial charge in [-0.15, -0.1) is 0 Å². The zero-order chi connectivity index (χ0) is 18.2. The average Bonchev–Trinajstić information content (AvgIpc) is 3.08. The van der Waals surface area contributed by atoms with Gasteiger partial charge in [-0.05, 0) is 61.7 Å². The van der Waals surface area contributed by atoms with Crippen molar-refractivity contribution >= 4 is 11.1 Å². The van der Waals surface area contributed by atoms with Crippen molar-refractivity contribution in [2.24, 2.45) is 11.7 Å². The maximum atomic E-state index is 5.83. The van der Waals surface area contributed by atoms with Gasteiger partial charge in [-0.2, -0.15) is 4.98 Å². The predicted molar refractivity (Wildman–Crippen MR) is 103 cm³/mol. The minimum Gasteiger partial charge on any atom is -0.494 e. The normalized spacial score (nSPS) is 12.2. The molecule has 3 aromatic rings. The van der Waals surface area contributed by atoms with Gasteiger partial charge in [-0.3, -0.25) is 0 Å². The van der Waals surface area contributed by atoms with E-state index in [1.807, 2.05) is 48.5 Å². The molecule has 0 aliphatic carbocycles. The summed E-state index contributed by atoms with van der Waals surface area (Å²) < 4.78 is 17.1. The van der Waals surface area contributed by atoms with Crippen LogP contribution in [-0.2, 0) is 0 Å². The molecule has 0 spiro atoms. The van der Waals surface area contributed by atoms with Gasteiger partial charge in [0.2, 0.25) is 0 Å². The molecule has 138 valence electrons. The summed E-state index contributed by atoms with van der Waals surface area (Å²) in [5.74, 6) is 2.02. The van der Waals surface area contributed by atoms with Gasteiger partial charge in [0, 0.05) is 0 Å². The molecule has 1 unspecified atom stereocenters. The first-order valence-corrected chi connectivity index (χ1v) is 9.25. The van der Waals surface area contributed by atoms with Crippen LogP contribution < -0.4 is 15.2 Å². The second kappa shape index (κ2) is 9.25. The number of hydrogen-bond acceptors (Lipinski definition) is 5. The summed E-state index contributed by atoms with van der Waals surface area (Å²) in [5.41, 5.74) is 7.31. The van der Waals surface area contributed by atoms with Crippen LogP contribution in [0.5, 0.6) is 17.6 Å². The Balaban J connectivity index is 1.50. The topological polar surface area (TPSA) is 70.5 Å². The quantitative estimate of drug-likeness (QED) is 0.545. The first-order valence-electron chi connectivity index (χ1n) is 9.25. The molecule has 0 fully saturated rings. The van der Waals surface area contributed by atoms with Crippen LogP contribution in [0, 0.1) is 5.92 Å². The van der Waals surface area contributed by atoms with Crippen LogP contribution in [0.1, 0.15) is 32.6 Å². The Kier molecular flexibility index (Phi) is 6.50. The lowest BCUT2D eigenvalue weighted by molar-refractivity contribution is 0.271. The Morgan fingerprint density at radius 1 is 1.04 bits per heavy atom. The lowest BCUT2D eigenvalue weighted by Crippen LogP contribution is -2.17. The molecule has 1 atom stereocenters. The Morgan fingerprint density at radius 3 is 2.54 bits per heavy atom. The molecule has 0 aliphatic rings. The molecule has 1 heterocycles. The Labute approximate surface area is 154 Å². The van der Waals surface area contributed by atoms with Crippen molar-refractivity contribution in [2.75, 3.05) is 13.2 Å². The number of fused-ring (bicyclic) bond motifs is 1. The van der Waals surface area contributed by atoms with Gasteiger partial charge in [-0.25, -0.2) is 0 Å². The summed E-state index contributed by atoms with van der Waals surface area (Å²) in [6.07, 6.45) is 4.83. The number of benzene rings is 2. The van der Waals surface area contributed by atoms with E-state index in [4.69, 9.17) is 19.6 Å². The lowest BCUT2D eigenvalue weighted by atomic mass is 9.99. The van der Waals surface area contributed by atoms with Crippen molar-refractivity contribution in [1.82, 2.24) is 4.98 Å². The largest absolute Gasteiger partial charge is 0.494 e. The summed E-state index contributed by atoms with van der Waals surface area (Å²) >= 11 is 0. The van der Waals surface area contributed by atoms with E-state index in [1.54, 1.807) is 0 Å². The van der Waals surface area contributed by atoms with E-state index < -0.39 is 0 Å². The molecule has 0 radical (unpaired) electrons. The molecule has 1 aromatic heterocycles. The molecular formula is C21H26N2O3. The standard InChI is InChI=1S/C21H26N2O3/c1-2-3-6-16(15-22)13-14-24-17-9-11-18(12-10-17)25-21-23-19-7-4-5-8-20(19)26-21/h4-5,7-12,16H,2-3,6,13-15,22H2,1H3. The fourth-order valence-electron chi connectivity index (χ4n) is 2.82. The highest BCUT2D eigenvalue weighted by Gasteiger charge is 2.08. The fourth-order valence-corrected chi connectivity index (χ4v) is 2.82. The third-order valence-electron chi connectivity index (χ3n) is 4.40. The van der Waals surface area contributed by atoms with Gasteiger partial charge in [0.1, 0.15) is 17.0 Å². The Bertz CT molecular complexity index is 765. The minimum atomic E-state index is 0.238. The van der Waals surface area contributed by atoms with Crippen molar-refractivity contribution in [3.63, 3.8) is 0 Å². The monoisotopic (exact) mass is 354 g/mol. The number of ether oxygens (including phenoxy) is 2. The van der Waals surface area contributed by atoms with Gasteiger partial charge in [0.15, 0.2) is 5.58 Å². The fraction of sp³-hybridized carbons (Fsp3) is 0.381. The minimum absolute atomic E-state index is 0.238. The van der Waals surface area contributed by atoms with E-state index >= 15 is 0 Å². The van der Waals surface area contributed by atoms with E-state index in [2.05, 4.69) is 11.9 Å². The van der Waals surface area contributed by atoms with Crippen LogP contribution in [0.4, 0.5) is 0 Å². The average molecular weight is 354 g/mol. The summed E-state index contributed by atoms with van der Waals surface area (Å²) in [5, 5.41) is 0. The number of oxazole rings is 1. The maximum absolute atomic E-state index is 5.83. The van der Waals surface area contributed by atoms with Crippen LogP contribution in [0.2, 0.25) is 0 Å². The third kappa shape index (κ3) is 4.99. The summed E-state index contributed by atoms with van der Waals surface area (Å²) in [7, 11) is 0. The van der Waals surface area contributed by atoms with Crippen molar-refractivity contribution in [3.05, 3.63) is 48.5 Å². The van der Waals surface area contributed by atoms with Crippen molar-refractivity contribution in [3.8, 4) is 17.6 Å². The SMILES string of the molecule is CCCCC(CN)CCOc1ccc(Oc2nc3ccccc3o2)cc1. The first-order chi connectivity index (χ1) is 12.8. The zero-order valence-corrected chi connectivity index (χ0v) is 15.2. The number of hydrogen-bond donors (Lipinski definition) is 1. The van der Waals surface area contributed by atoms with Crippen LogP contribution >= 0.6 is 0 Å². The molecule has 0 amide bonds. The van der Waals surface area contributed by atoms with Crippen molar-refractivity contribution in [2.45, 2.75) is 32.6 Å². The molecule has 0 saturated heterocycles. The van der Waals surface area contributed by atoms with E-state index in [-0.39, 0.29) is 6.08 Å². The lowest BCUT2D eigenvalue weighted by Gasteiger charge is -2.14. The number of nitrogens with zero attached hydrogens (tertiary/aromatic N) is 1. The highest BCUT2D eigenvalue weighted by molar-refractivity contribution is 5.72. The molecule has 2 aromatic carbocycles. The maximum Gasteiger partial charge on any atom is 0.400 e. The van der Waals surface area contributed by atoms with Crippen LogP contribution in [0.15, 0.2) is 52.9 Å². The first kappa shape index (κ1) is 18.3. The van der Waals surface area contributed by atoms with Gasteiger partial charge in [0.05, 0.1) is 6.61 Å². The zero-order valence-electron chi connectivity index (χ0n) is 15.2. The van der Waals surface area contributed by atoms with Gasteiger partial charge in [-0.1, -0.05) is 31.9 Å². The molecular weight excluding hydrogens is 328 g/mol. The number of unbranched alkanes of at least 4 members (excludes halogenated alkanes) is 1. The van der Waals surface area contributed by atoms with Crippen molar-refractivity contribution in [1.29, 1.82) is 0 Å². The summed E-state index contributed by atoms with van der Waals surface area (Å²) in [4.78, 5) is 4.30. The van der Waals surface area contributed by atoms with E-state index in [1.165, 1.54) is 19.3 Å². The molecule has 2 N–H and O–H groups in total. The second-order valence-electron chi connectivity index (χ2n) is 6.40. The second-order valence-corrected chi connectivity index (χ2v) is 6.40. The molecule has 0 bridgehead atoms. The molecule has 0 saturated carbocycles. The van der Waals surface area contributed by atoms with E-state index in [0.717, 1.165) is 24.2 Å². The number of para-hydroxylation sites is 2. The van der Waals surface area contributed by atoms with Gasteiger partial charge in [0.25, 0.3) is 0 Å². The van der Waals surface area contributed by atoms with Gasteiger partial charge < -0.3 is 19.6 Å². The summed E-state index contributed by atoms with van der Waals surface area (Å²) in [6, 6.07) is 15.0. The smallest absolute Gasteiger partial charge is 0.400 e. The number of nitrogens with two attached hydrogens (primary N) is 1. The third-order valence-corrected chi connectivity index (χ3v) is 4.40. The molecule has 0 aliphatic heterocycles. The predicted octanol–water partition coefficient (Wildman–Crippen LogP) is 5.15. The number of aromatic nitrogens is 1. The van der Waals surface area contributed by atoms with E-state index in [0.29, 0.717) is 23.9 Å². The van der Waals surface area contributed by atoms with Gasteiger partial charge >= 0.3 is 6.08 Å². The highest BCUT2D eigenvalue weighted by Crippen LogP contribution is 2.26.